The zero-order valence-corrected chi connectivity index (χ0v) is 11.3. The van der Waals surface area contributed by atoms with Crippen molar-refractivity contribution in [2.45, 2.75) is 33.2 Å². The van der Waals surface area contributed by atoms with Gasteiger partial charge in [0.05, 0.1) is 6.61 Å². The summed E-state index contributed by atoms with van der Waals surface area (Å²) in [5, 5.41) is 0. The lowest BCUT2D eigenvalue weighted by molar-refractivity contribution is -0.123. The Kier molecular flexibility index (Phi) is 3.90. The van der Waals surface area contributed by atoms with Crippen LogP contribution >= 0.6 is 0 Å². The Balaban J connectivity index is 2.20. The molecule has 0 amide bonds. The molecule has 1 aromatic rings. The second kappa shape index (κ2) is 5.42. The number of benzene rings is 1. The molecule has 0 radical (unpaired) electrons. The second-order valence-corrected chi connectivity index (χ2v) is 4.87. The molecular formula is C15H21NO2. The highest BCUT2D eigenvalue weighted by molar-refractivity contribution is 5.84. The molecule has 1 fully saturated rings. The number of carbonyl (C=O) groups excluding carboxylic acids is 1. The molecule has 3 nitrogen and oxygen atoms in total. The maximum atomic E-state index is 11.7. The van der Waals surface area contributed by atoms with Gasteiger partial charge in [0.1, 0.15) is 11.5 Å². The standard InChI is InChI=1S/C15H21NO2/c1-4-18-14-7-5-6-13(10-14)16-9-8-15(17)11(2)12(16)3/h5-7,10-12H,4,8-9H2,1-3H3. The Bertz CT molecular complexity index is 430. The predicted molar refractivity (Wildman–Crippen MR) is 73.2 cm³/mol. The fourth-order valence-electron chi connectivity index (χ4n) is 2.48. The molecule has 0 aliphatic carbocycles. The number of hydrogen-bond donors (Lipinski definition) is 0. The summed E-state index contributed by atoms with van der Waals surface area (Å²) in [7, 11) is 0. The SMILES string of the molecule is CCOc1cccc(N2CCC(=O)C(C)C2C)c1. The number of rotatable bonds is 3. The van der Waals surface area contributed by atoms with Gasteiger partial charge in [-0.3, -0.25) is 4.79 Å². The number of ketones is 1. The van der Waals surface area contributed by atoms with Crippen molar-refractivity contribution in [3.05, 3.63) is 24.3 Å². The zero-order valence-electron chi connectivity index (χ0n) is 11.3. The van der Waals surface area contributed by atoms with Gasteiger partial charge in [0.15, 0.2) is 0 Å². The van der Waals surface area contributed by atoms with Gasteiger partial charge >= 0.3 is 0 Å². The third kappa shape index (κ3) is 2.50. The van der Waals surface area contributed by atoms with E-state index in [0.717, 1.165) is 18.0 Å². The molecule has 2 atom stereocenters. The summed E-state index contributed by atoms with van der Waals surface area (Å²) in [6.45, 7) is 7.60. The topological polar surface area (TPSA) is 29.5 Å². The van der Waals surface area contributed by atoms with E-state index in [0.29, 0.717) is 18.8 Å². The summed E-state index contributed by atoms with van der Waals surface area (Å²) in [6, 6.07) is 8.37. The van der Waals surface area contributed by atoms with E-state index in [4.69, 9.17) is 4.74 Å². The molecule has 0 bridgehead atoms. The van der Waals surface area contributed by atoms with Crippen LogP contribution in [-0.2, 0) is 4.79 Å². The van der Waals surface area contributed by atoms with E-state index in [9.17, 15) is 4.79 Å². The summed E-state index contributed by atoms with van der Waals surface area (Å²) >= 11 is 0. The van der Waals surface area contributed by atoms with Crippen LogP contribution in [0.25, 0.3) is 0 Å². The van der Waals surface area contributed by atoms with Gasteiger partial charge in [-0.2, -0.15) is 0 Å². The molecule has 1 aliphatic rings. The van der Waals surface area contributed by atoms with E-state index in [1.807, 2.05) is 26.0 Å². The minimum Gasteiger partial charge on any atom is -0.494 e. The van der Waals surface area contributed by atoms with Crippen molar-refractivity contribution in [1.82, 2.24) is 0 Å². The molecule has 2 unspecified atom stereocenters. The lowest BCUT2D eigenvalue weighted by Gasteiger charge is -2.38. The number of hydrogen-bond acceptors (Lipinski definition) is 3. The Labute approximate surface area is 109 Å². The lowest BCUT2D eigenvalue weighted by atomic mass is 9.90. The van der Waals surface area contributed by atoms with Crippen molar-refractivity contribution in [3.8, 4) is 5.75 Å². The van der Waals surface area contributed by atoms with E-state index in [2.05, 4.69) is 24.0 Å². The first-order valence-electron chi connectivity index (χ1n) is 6.65. The molecule has 0 saturated carbocycles. The first-order chi connectivity index (χ1) is 8.63. The molecule has 1 aromatic carbocycles. The molecule has 1 aliphatic heterocycles. The van der Waals surface area contributed by atoms with Crippen molar-refractivity contribution in [2.75, 3.05) is 18.1 Å². The summed E-state index contributed by atoms with van der Waals surface area (Å²) in [6.07, 6.45) is 0.643. The molecule has 1 saturated heterocycles. The molecule has 0 aromatic heterocycles. The molecule has 98 valence electrons. The maximum Gasteiger partial charge on any atom is 0.139 e. The van der Waals surface area contributed by atoms with E-state index < -0.39 is 0 Å². The number of nitrogens with zero attached hydrogens (tertiary/aromatic N) is 1. The van der Waals surface area contributed by atoms with Crippen molar-refractivity contribution >= 4 is 11.5 Å². The van der Waals surface area contributed by atoms with Crippen LogP contribution in [0.5, 0.6) is 5.75 Å². The van der Waals surface area contributed by atoms with Gasteiger partial charge in [-0.05, 0) is 26.0 Å². The molecule has 0 N–H and O–H groups in total. The Morgan fingerprint density at radius 2 is 2.17 bits per heavy atom. The molecular weight excluding hydrogens is 226 g/mol. The van der Waals surface area contributed by atoms with Gasteiger partial charge in [-0.15, -0.1) is 0 Å². The fourth-order valence-corrected chi connectivity index (χ4v) is 2.48. The highest BCUT2D eigenvalue weighted by atomic mass is 16.5. The fraction of sp³-hybridized carbons (Fsp3) is 0.533. The minimum absolute atomic E-state index is 0.106. The Hall–Kier alpha value is -1.51. The monoisotopic (exact) mass is 247 g/mol. The van der Waals surface area contributed by atoms with Crippen molar-refractivity contribution in [1.29, 1.82) is 0 Å². The third-order valence-corrected chi connectivity index (χ3v) is 3.78. The van der Waals surface area contributed by atoms with Gasteiger partial charge < -0.3 is 9.64 Å². The predicted octanol–water partition coefficient (Wildman–Crippen LogP) is 2.89. The van der Waals surface area contributed by atoms with Crippen LogP contribution in [0.1, 0.15) is 27.2 Å². The van der Waals surface area contributed by atoms with Crippen molar-refractivity contribution in [2.24, 2.45) is 5.92 Å². The number of ether oxygens (including phenoxy) is 1. The summed E-state index contributed by atoms with van der Waals surface area (Å²) in [4.78, 5) is 14.0. The molecule has 18 heavy (non-hydrogen) atoms. The highest BCUT2D eigenvalue weighted by Crippen LogP contribution is 2.29. The molecule has 1 heterocycles. The maximum absolute atomic E-state index is 11.7. The van der Waals surface area contributed by atoms with Crippen LogP contribution in [0.2, 0.25) is 0 Å². The van der Waals surface area contributed by atoms with Gasteiger partial charge in [0.25, 0.3) is 0 Å². The molecule has 3 heteroatoms. The normalized spacial score (nSPS) is 24.2. The average Bonchev–Trinajstić information content (AvgIpc) is 2.37. The average molecular weight is 247 g/mol. The second-order valence-electron chi connectivity index (χ2n) is 4.87. The summed E-state index contributed by atoms with van der Waals surface area (Å²) in [5.41, 5.74) is 1.15. The zero-order chi connectivity index (χ0) is 13.1. The van der Waals surface area contributed by atoms with Crippen LogP contribution in [0.4, 0.5) is 5.69 Å². The van der Waals surface area contributed by atoms with Crippen molar-refractivity contribution < 1.29 is 9.53 Å². The number of anilines is 1. The number of Topliss-reactive ketones (excluding diaryl/α,β-unsaturated/α-hetero) is 1. The van der Waals surface area contributed by atoms with Gasteiger partial charge in [0, 0.05) is 36.7 Å². The van der Waals surface area contributed by atoms with Gasteiger partial charge in [-0.1, -0.05) is 13.0 Å². The van der Waals surface area contributed by atoms with Crippen LogP contribution in [-0.4, -0.2) is 25.0 Å². The largest absolute Gasteiger partial charge is 0.494 e. The number of piperidine rings is 1. The van der Waals surface area contributed by atoms with Crippen LogP contribution in [0, 0.1) is 5.92 Å². The summed E-state index contributed by atoms with van der Waals surface area (Å²) in [5.74, 6) is 1.38. The smallest absolute Gasteiger partial charge is 0.139 e. The van der Waals surface area contributed by atoms with Gasteiger partial charge in [0.2, 0.25) is 0 Å². The third-order valence-electron chi connectivity index (χ3n) is 3.78. The van der Waals surface area contributed by atoms with Crippen LogP contribution < -0.4 is 9.64 Å². The van der Waals surface area contributed by atoms with E-state index >= 15 is 0 Å². The van der Waals surface area contributed by atoms with Crippen LogP contribution in [0.15, 0.2) is 24.3 Å². The quantitative estimate of drug-likeness (QED) is 0.822. The van der Waals surface area contributed by atoms with E-state index in [1.54, 1.807) is 0 Å². The Morgan fingerprint density at radius 1 is 1.39 bits per heavy atom. The summed E-state index contributed by atoms with van der Waals surface area (Å²) < 4.78 is 5.53. The number of carbonyl (C=O) groups is 1. The van der Waals surface area contributed by atoms with E-state index in [-0.39, 0.29) is 12.0 Å². The van der Waals surface area contributed by atoms with Gasteiger partial charge in [-0.25, -0.2) is 0 Å². The Morgan fingerprint density at radius 3 is 2.89 bits per heavy atom. The molecule has 2 rings (SSSR count). The first kappa shape index (κ1) is 12.9. The molecule has 0 spiro atoms. The van der Waals surface area contributed by atoms with Crippen molar-refractivity contribution in [3.63, 3.8) is 0 Å². The highest BCUT2D eigenvalue weighted by Gasteiger charge is 2.30. The van der Waals surface area contributed by atoms with E-state index in [1.165, 1.54) is 0 Å². The first-order valence-corrected chi connectivity index (χ1v) is 6.65. The van der Waals surface area contributed by atoms with Crippen LogP contribution in [0.3, 0.4) is 0 Å². The minimum atomic E-state index is 0.106. The lowest BCUT2D eigenvalue weighted by Crippen LogP contribution is -2.46.